The van der Waals surface area contributed by atoms with Crippen molar-refractivity contribution in [3.05, 3.63) is 53.9 Å². The van der Waals surface area contributed by atoms with Crippen LogP contribution in [0.2, 0.25) is 0 Å². The fourth-order valence-electron chi connectivity index (χ4n) is 3.76. The van der Waals surface area contributed by atoms with Crippen LogP contribution in [0.3, 0.4) is 0 Å². The van der Waals surface area contributed by atoms with Crippen LogP contribution in [0.25, 0.3) is 0 Å². The molecule has 1 aromatic carbocycles. The summed E-state index contributed by atoms with van der Waals surface area (Å²) in [5, 5.41) is 0. The highest BCUT2D eigenvalue weighted by Crippen LogP contribution is 2.65. The Balaban J connectivity index is 1.55. The second kappa shape index (κ2) is 8.81. The number of esters is 1. The molecule has 8 heteroatoms. The molecule has 0 N–H and O–H groups in total. The number of ether oxygens (including phenoxy) is 2. The molecule has 1 saturated carbocycles. The maximum Gasteiger partial charge on any atom is 0.311 e. The standard InChI is InChI=1S/C21H23Br2Cl2NO3/c1-20(2)16(18(22)21(23,24)25)17(20)19(27)29-12-26-9-8-14(11-26)10-13-4-6-15(28-3)7-5-13/h4-9,11,16-18H,10,12H2,1-3H3. The number of carbonyl (C=O) groups is 1. The third-order valence-corrected chi connectivity index (χ3v) is 8.89. The zero-order valence-corrected chi connectivity index (χ0v) is 21.1. The fraction of sp³-hybridized carbons (Fsp3) is 0.476. The number of nitrogens with zero attached hydrogens (tertiary/aromatic N) is 1. The molecule has 3 rings (SSSR count). The topological polar surface area (TPSA) is 40.5 Å². The van der Waals surface area contributed by atoms with Gasteiger partial charge in [0.05, 0.1) is 17.9 Å². The van der Waals surface area contributed by atoms with Gasteiger partial charge in [-0.05, 0) is 63.0 Å². The van der Waals surface area contributed by atoms with E-state index in [0.717, 1.165) is 17.7 Å². The minimum atomic E-state index is -1.14. The zero-order valence-electron chi connectivity index (χ0n) is 16.4. The lowest BCUT2D eigenvalue weighted by atomic mass is 10.1. The minimum absolute atomic E-state index is 0.0142. The maximum absolute atomic E-state index is 12.6. The second-order valence-electron chi connectivity index (χ2n) is 7.92. The first-order valence-electron chi connectivity index (χ1n) is 9.19. The molecule has 0 spiro atoms. The average Bonchev–Trinajstić information content (AvgIpc) is 2.98. The van der Waals surface area contributed by atoms with Crippen LogP contribution in [0.15, 0.2) is 42.7 Å². The van der Waals surface area contributed by atoms with E-state index in [1.54, 1.807) is 7.11 Å². The molecular formula is C21H23Br2Cl2NO3. The molecule has 1 aliphatic rings. The molecule has 2 aromatic rings. The first-order valence-corrected chi connectivity index (χ1v) is 11.7. The van der Waals surface area contributed by atoms with Crippen molar-refractivity contribution in [3.8, 4) is 5.75 Å². The molecule has 1 fully saturated rings. The molecule has 4 nitrogen and oxygen atoms in total. The van der Waals surface area contributed by atoms with Crippen molar-refractivity contribution >= 4 is 61.0 Å². The predicted octanol–water partition coefficient (Wildman–Crippen LogP) is 6.15. The molecule has 0 saturated heterocycles. The van der Waals surface area contributed by atoms with Crippen molar-refractivity contribution in [2.45, 2.75) is 35.1 Å². The number of carbonyl (C=O) groups excluding carboxylic acids is 1. The molecule has 1 aromatic heterocycles. The summed E-state index contributed by atoms with van der Waals surface area (Å²) in [6.45, 7) is 4.22. The lowest BCUT2D eigenvalue weighted by molar-refractivity contribution is -0.150. The summed E-state index contributed by atoms with van der Waals surface area (Å²) in [7, 11) is 1.65. The molecule has 0 radical (unpaired) electrons. The number of alkyl halides is 4. The third-order valence-electron chi connectivity index (χ3n) is 5.53. The number of rotatable bonds is 8. The van der Waals surface area contributed by atoms with Crippen molar-refractivity contribution in [1.82, 2.24) is 4.57 Å². The van der Waals surface area contributed by atoms with E-state index in [9.17, 15) is 4.79 Å². The lowest BCUT2D eigenvalue weighted by Gasteiger charge is -2.20. The Hall–Kier alpha value is -0.690. The SMILES string of the molecule is COc1ccc(Cc2ccn(COC(=O)C3C(C(Br)C(Cl)(Cl)Br)C3(C)C)c2)cc1. The lowest BCUT2D eigenvalue weighted by Crippen LogP contribution is -2.23. The van der Waals surface area contributed by atoms with Crippen LogP contribution in [0.1, 0.15) is 25.0 Å². The van der Waals surface area contributed by atoms with Gasteiger partial charge in [-0.15, -0.1) is 0 Å². The van der Waals surface area contributed by atoms with Gasteiger partial charge in [0.15, 0.2) is 9.97 Å². The van der Waals surface area contributed by atoms with Gasteiger partial charge < -0.3 is 14.0 Å². The van der Waals surface area contributed by atoms with Gasteiger partial charge in [0.2, 0.25) is 0 Å². The monoisotopic (exact) mass is 565 g/mol. The Morgan fingerprint density at radius 2 is 1.90 bits per heavy atom. The molecule has 1 heterocycles. The fourth-order valence-corrected chi connectivity index (χ4v) is 5.30. The highest BCUT2D eigenvalue weighted by atomic mass is 79.9. The highest BCUT2D eigenvalue weighted by molar-refractivity contribution is 9.13. The molecular weight excluding hydrogens is 545 g/mol. The molecule has 0 bridgehead atoms. The van der Waals surface area contributed by atoms with Crippen LogP contribution in [-0.2, 0) is 22.7 Å². The molecule has 0 amide bonds. The van der Waals surface area contributed by atoms with Crippen molar-refractivity contribution in [2.24, 2.45) is 17.3 Å². The van der Waals surface area contributed by atoms with Crippen molar-refractivity contribution < 1.29 is 14.3 Å². The van der Waals surface area contributed by atoms with Crippen molar-refractivity contribution in [1.29, 1.82) is 0 Å². The maximum atomic E-state index is 12.6. The largest absolute Gasteiger partial charge is 0.497 e. The number of hydrogen-bond acceptors (Lipinski definition) is 3. The van der Waals surface area contributed by atoms with Crippen molar-refractivity contribution in [3.63, 3.8) is 0 Å². The molecule has 158 valence electrons. The summed E-state index contributed by atoms with van der Waals surface area (Å²) >= 11 is 19.1. The first-order chi connectivity index (χ1) is 13.5. The van der Waals surface area contributed by atoms with Gasteiger partial charge in [0.1, 0.15) is 5.75 Å². The first kappa shape index (κ1) is 23.0. The van der Waals surface area contributed by atoms with Gasteiger partial charge in [0.25, 0.3) is 0 Å². The smallest absolute Gasteiger partial charge is 0.311 e. The van der Waals surface area contributed by atoms with Crippen LogP contribution < -0.4 is 4.74 Å². The van der Waals surface area contributed by atoms with E-state index in [1.165, 1.54) is 5.56 Å². The van der Waals surface area contributed by atoms with E-state index in [1.807, 2.05) is 61.1 Å². The summed E-state index contributed by atoms with van der Waals surface area (Å²) in [4.78, 5) is 12.4. The van der Waals surface area contributed by atoms with E-state index in [2.05, 4.69) is 31.9 Å². The van der Waals surface area contributed by atoms with Gasteiger partial charge in [-0.1, -0.05) is 65.1 Å². The van der Waals surface area contributed by atoms with Gasteiger partial charge in [-0.3, -0.25) is 4.79 Å². The van der Waals surface area contributed by atoms with E-state index >= 15 is 0 Å². The average molecular weight is 568 g/mol. The predicted molar refractivity (Wildman–Crippen MR) is 123 cm³/mol. The molecule has 3 unspecified atom stereocenters. The summed E-state index contributed by atoms with van der Waals surface area (Å²) in [5.74, 6) is 0.334. The van der Waals surface area contributed by atoms with E-state index < -0.39 is 3.24 Å². The number of benzene rings is 1. The van der Waals surface area contributed by atoms with Gasteiger partial charge in [0, 0.05) is 12.4 Å². The number of hydrogen-bond donors (Lipinski definition) is 0. The van der Waals surface area contributed by atoms with Gasteiger partial charge in [-0.25, -0.2) is 0 Å². The summed E-state index contributed by atoms with van der Waals surface area (Å²) in [6.07, 6.45) is 4.70. The second-order valence-corrected chi connectivity index (χ2v) is 12.5. The zero-order chi connectivity index (χ0) is 21.4. The number of halogens is 4. The van der Waals surface area contributed by atoms with Crippen LogP contribution in [0.5, 0.6) is 5.75 Å². The Bertz CT molecular complexity index is 862. The minimum Gasteiger partial charge on any atom is -0.497 e. The Labute approximate surface area is 198 Å². The van der Waals surface area contributed by atoms with Crippen LogP contribution in [0.4, 0.5) is 0 Å². The molecule has 1 aliphatic carbocycles. The quantitative estimate of drug-likeness (QED) is 0.284. The summed E-state index contributed by atoms with van der Waals surface area (Å²) < 4.78 is 11.5. The Kier molecular flexibility index (Phi) is 6.99. The highest BCUT2D eigenvalue weighted by Gasteiger charge is 2.67. The van der Waals surface area contributed by atoms with E-state index in [0.29, 0.717) is 0 Å². The molecule has 3 atom stereocenters. The van der Waals surface area contributed by atoms with E-state index in [-0.39, 0.29) is 34.8 Å². The van der Waals surface area contributed by atoms with Crippen LogP contribution in [-0.4, -0.2) is 25.7 Å². The van der Waals surface area contributed by atoms with Gasteiger partial charge >= 0.3 is 5.97 Å². The van der Waals surface area contributed by atoms with Crippen LogP contribution >= 0.6 is 55.1 Å². The summed E-state index contributed by atoms with van der Waals surface area (Å²) in [6, 6.07) is 10.0. The summed E-state index contributed by atoms with van der Waals surface area (Å²) in [5.41, 5.74) is 2.10. The molecule has 0 aliphatic heterocycles. The molecule has 29 heavy (non-hydrogen) atoms. The van der Waals surface area contributed by atoms with Crippen LogP contribution in [0, 0.1) is 17.3 Å². The van der Waals surface area contributed by atoms with Gasteiger partial charge in [-0.2, -0.15) is 0 Å². The number of aromatic nitrogens is 1. The van der Waals surface area contributed by atoms with Crippen molar-refractivity contribution in [2.75, 3.05) is 7.11 Å². The Morgan fingerprint density at radius 1 is 1.24 bits per heavy atom. The third kappa shape index (κ3) is 5.33. The number of methoxy groups -OCH3 is 1. The Morgan fingerprint density at radius 3 is 2.48 bits per heavy atom. The van der Waals surface area contributed by atoms with E-state index in [4.69, 9.17) is 32.7 Å². The normalized spacial score (nSPS) is 21.5.